The van der Waals surface area contributed by atoms with Crippen LogP contribution in [0.5, 0.6) is 11.5 Å². The van der Waals surface area contributed by atoms with E-state index in [0.29, 0.717) is 22.4 Å². The minimum Gasteiger partial charge on any atom is -0.497 e. The molecule has 0 aliphatic carbocycles. The molecule has 9 nitrogen and oxygen atoms in total. The third kappa shape index (κ3) is 5.00. The molecule has 194 valence electrons. The summed E-state index contributed by atoms with van der Waals surface area (Å²) < 4.78 is 54.1. The molecule has 1 heterocycles. The van der Waals surface area contributed by atoms with Crippen LogP contribution in [0.3, 0.4) is 0 Å². The van der Waals surface area contributed by atoms with Crippen LogP contribution >= 0.6 is 0 Å². The monoisotopic (exact) mass is 527 g/mol. The molecular weight excluding hydrogens is 501 g/mol. The van der Waals surface area contributed by atoms with Gasteiger partial charge in [-0.25, -0.2) is 9.38 Å². The van der Waals surface area contributed by atoms with E-state index < -0.39 is 27.4 Å². The molecule has 0 saturated carbocycles. The highest BCUT2D eigenvalue weighted by Crippen LogP contribution is 2.41. The number of nitrogens with two attached hydrogens (primary N) is 1. The Morgan fingerprint density at radius 1 is 1.00 bits per heavy atom. The van der Waals surface area contributed by atoms with Gasteiger partial charge in [0.2, 0.25) is 0 Å². The van der Waals surface area contributed by atoms with Crippen LogP contribution in [-0.2, 0) is 25.2 Å². The largest absolute Gasteiger partial charge is 0.497 e. The van der Waals surface area contributed by atoms with Crippen LogP contribution in [0.2, 0.25) is 0 Å². The maximum Gasteiger partial charge on any atom is 0.311 e. The number of ether oxygens (including phenoxy) is 2. The summed E-state index contributed by atoms with van der Waals surface area (Å²) in [5.74, 6) is -0.641. The highest BCUT2D eigenvalue weighted by molar-refractivity contribution is 7.87. The summed E-state index contributed by atoms with van der Waals surface area (Å²) in [4.78, 5) is 19.4. The van der Waals surface area contributed by atoms with Crippen LogP contribution in [0.25, 0.3) is 11.1 Å². The lowest BCUT2D eigenvalue weighted by Gasteiger charge is -2.26. The molecule has 0 radical (unpaired) electrons. The maximum absolute atomic E-state index is 14.7. The summed E-state index contributed by atoms with van der Waals surface area (Å²) in [7, 11) is 0.526. The van der Waals surface area contributed by atoms with E-state index in [2.05, 4.69) is 4.99 Å². The summed E-state index contributed by atoms with van der Waals surface area (Å²) >= 11 is 0. The van der Waals surface area contributed by atoms with E-state index in [9.17, 15) is 17.6 Å². The first kappa shape index (κ1) is 26.1. The molecule has 3 aromatic carbocycles. The number of likely N-dealkylation sites (N-methyl/N-ethyl adjacent to an activating group) is 1. The molecule has 0 fully saturated rings. The quantitative estimate of drug-likeness (QED) is 0.425. The summed E-state index contributed by atoms with van der Waals surface area (Å²) in [6.45, 7) is -0.0113. The van der Waals surface area contributed by atoms with Crippen molar-refractivity contribution in [2.45, 2.75) is 5.54 Å². The van der Waals surface area contributed by atoms with Crippen molar-refractivity contribution in [3.63, 3.8) is 0 Å². The molecule has 2 N–H and O–H groups in total. The maximum atomic E-state index is 14.7. The summed E-state index contributed by atoms with van der Waals surface area (Å²) in [6, 6.07) is 17.1. The SMILES string of the molecule is COCCS(=O)(=O)Oc1ccc(C2(c3cccc(-c4cc(OC)ccc4F)c3)N=C(N)N(C)C2=O)cc1. The van der Waals surface area contributed by atoms with E-state index in [0.717, 1.165) is 0 Å². The summed E-state index contributed by atoms with van der Waals surface area (Å²) in [5.41, 5.74) is 6.15. The Bertz CT molecular complexity index is 1460. The van der Waals surface area contributed by atoms with Crippen molar-refractivity contribution in [2.24, 2.45) is 10.7 Å². The van der Waals surface area contributed by atoms with Crippen molar-refractivity contribution in [3.8, 4) is 22.6 Å². The van der Waals surface area contributed by atoms with Gasteiger partial charge in [-0.15, -0.1) is 0 Å². The van der Waals surface area contributed by atoms with Gasteiger partial charge in [0.25, 0.3) is 5.91 Å². The normalized spacial score (nSPS) is 17.6. The fraction of sp³-hybridized carbons (Fsp3) is 0.231. The number of rotatable bonds is 9. The molecule has 37 heavy (non-hydrogen) atoms. The predicted octanol–water partition coefficient (Wildman–Crippen LogP) is 2.89. The van der Waals surface area contributed by atoms with Crippen LogP contribution in [-0.4, -0.2) is 58.8 Å². The topological polar surface area (TPSA) is 121 Å². The Balaban J connectivity index is 1.79. The molecule has 1 atom stereocenters. The second-order valence-corrected chi connectivity index (χ2v) is 10.0. The zero-order valence-electron chi connectivity index (χ0n) is 20.5. The molecule has 1 aliphatic heterocycles. The van der Waals surface area contributed by atoms with Crippen molar-refractivity contribution < 1.29 is 31.3 Å². The van der Waals surface area contributed by atoms with Gasteiger partial charge in [-0.3, -0.25) is 9.69 Å². The van der Waals surface area contributed by atoms with Gasteiger partial charge in [0.1, 0.15) is 23.1 Å². The number of halogens is 1. The average molecular weight is 528 g/mol. The number of carbonyl (C=O) groups is 1. The van der Waals surface area contributed by atoms with Crippen molar-refractivity contribution in [1.82, 2.24) is 4.90 Å². The van der Waals surface area contributed by atoms with Gasteiger partial charge in [0, 0.05) is 19.7 Å². The third-order valence-corrected chi connectivity index (χ3v) is 7.15. The van der Waals surface area contributed by atoms with Gasteiger partial charge in [-0.2, -0.15) is 8.42 Å². The third-order valence-electron chi connectivity index (χ3n) is 6.04. The second kappa shape index (κ2) is 10.2. The minimum absolute atomic E-state index is 0.00503. The van der Waals surface area contributed by atoms with Crippen molar-refractivity contribution in [1.29, 1.82) is 0 Å². The molecule has 1 amide bonds. The number of aliphatic imine (C=N–C) groups is 1. The van der Waals surface area contributed by atoms with Crippen molar-refractivity contribution in [3.05, 3.63) is 83.7 Å². The van der Waals surface area contributed by atoms with E-state index in [4.69, 9.17) is 19.4 Å². The first-order chi connectivity index (χ1) is 17.6. The number of amides is 1. The molecule has 0 bridgehead atoms. The number of nitrogens with zero attached hydrogens (tertiary/aromatic N) is 2. The average Bonchev–Trinajstić information content (AvgIpc) is 3.13. The minimum atomic E-state index is -3.86. The van der Waals surface area contributed by atoms with Gasteiger partial charge in [-0.05, 0) is 53.1 Å². The van der Waals surface area contributed by atoms with Gasteiger partial charge in [-0.1, -0.05) is 30.3 Å². The lowest BCUT2D eigenvalue weighted by molar-refractivity contribution is -0.129. The van der Waals surface area contributed by atoms with Gasteiger partial charge >= 0.3 is 10.1 Å². The molecule has 0 spiro atoms. The molecule has 1 unspecified atom stereocenters. The van der Waals surface area contributed by atoms with Gasteiger partial charge in [0.15, 0.2) is 11.5 Å². The Kier molecular flexibility index (Phi) is 7.19. The fourth-order valence-corrected chi connectivity index (χ4v) is 4.93. The lowest BCUT2D eigenvalue weighted by Crippen LogP contribution is -2.41. The number of methoxy groups -OCH3 is 2. The zero-order valence-corrected chi connectivity index (χ0v) is 21.3. The number of carbonyl (C=O) groups excluding carboxylic acids is 1. The lowest BCUT2D eigenvalue weighted by atomic mass is 9.81. The Morgan fingerprint density at radius 2 is 1.70 bits per heavy atom. The van der Waals surface area contributed by atoms with Crippen LogP contribution < -0.4 is 14.7 Å². The standard InChI is InChI=1S/C26H26FN3O6S/c1-30-24(31)26(29-25(30)28,18-7-9-20(10-8-18)36-37(32,33)14-13-34-2)19-6-4-5-17(15-19)22-16-21(35-3)11-12-23(22)27/h4-12,15-16H,13-14H2,1-3H3,(H2,28,29). The Hall–Kier alpha value is -3.96. The van der Waals surface area contributed by atoms with Crippen molar-refractivity contribution >= 4 is 22.0 Å². The summed E-state index contributed by atoms with van der Waals surface area (Å²) in [5, 5.41) is 0. The second-order valence-electron chi connectivity index (χ2n) is 8.33. The van der Waals surface area contributed by atoms with E-state index in [1.54, 1.807) is 42.5 Å². The highest BCUT2D eigenvalue weighted by atomic mass is 32.2. The molecule has 0 aromatic heterocycles. The van der Waals surface area contributed by atoms with Gasteiger partial charge < -0.3 is 19.4 Å². The zero-order chi connectivity index (χ0) is 26.8. The van der Waals surface area contributed by atoms with Gasteiger partial charge in [0.05, 0.1) is 13.7 Å². The van der Waals surface area contributed by atoms with E-state index in [1.165, 1.54) is 50.4 Å². The Morgan fingerprint density at radius 3 is 2.32 bits per heavy atom. The molecular formula is C26H26FN3O6S. The van der Waals surface area contributed by atoms with Crippen LogP contribution in [0.1, 0.15) is 11.1 Å². The number of benzene rings is 3. The first-order valence-electron chi connectivity index (χ1n) is 11.2. The fourth-order valence-electron chi connectivity index (χ4n) is 4.07. The molecule has 3 aromatic rings. The molecule has 0 saturated heterocycles. The molecule has 1 aliphatic rings. The smallest absolute Gasteiger partial charge is 0.311 e. The van der Waals surface area contributed by atoms with Crippen LogP contribution in [0.4, 0.5) is 4.39 Å². The number of hydrogen-bond acceptors (Lipinski definition) is 8. The van der Waals surface area contributed by atoms with E-state index in [1.807, 2.05) is 0 Å². The van der Waals surface area contributed by atoms with E-state index >= 15 is 0 Å². The Labute approximate surface area is 214 Å². The van der Waals surface area contributed by atoms with Crippen LogP contribution in [0.15, 0.2) is 71.7 Å². The summed E-state index contributed by atoms with van der Waals surface area (Å²) in [6.07, 6.45) is 0. The van der Waals surface area contributed by atoms with Crippen LogP contribution in [0, 0.1) is 5.82 Å². The van der Waals surface area contributed by atoms with E-state index in [-0.39, 0.29) is 29.6 Å². The predicted molar refractivity (Wildman–Crippen MR) is 136 cm³/mol. The first-order valence-corrected chi connectivity index (χ1v) is 12.8. The molecule has 4 rings (SSSR count). The van der Waals surface area contributed by atoms with Crippen molar-refractivity contribution in [2.75, 3.05) is 33.6 Å². The number of hydrogen-bond donors (Lipinski definition) is 1. The number of guanidine groups is 1. The highest BCUT2D eigenvalue weighted by Gasteiger charge is 2.49. The molecule has 11 heteroatoms.